The molecule has 0 aromatic heterocycles. The maximum atomic E-state index is 13.0. The van der Waals surface area contributed by atoms with Crippen molar-refractivity contribution in [1.29, 1.82) is 0 Å². The van der Waals surface area contributed by atoms with Crippen LogP contribution in [0, 0.1) is 20.8 Å². The van der Waals surface area contributed by atoms with Crippen molar-refractivity contribution in [3.8, 4) is 5.75 Å². The van der Waals surface area contributed by atoms with Gasteiger partial charge in [0.25, 0.3) is 0 Å². The quantitative estimate of drug-likeness (QED) is 0.571. The molecular formula is C18H29NO6S. The van der Waals surface area contributed by atoms with E-state index in [1.165, 1.54) is 14.2 Å². The van der Waals surface area contributed by atoms with E-state index in [1.54, 1.807) is 47.6 Å². The summed E-state index contributed by atoms with van der Waals surface area (Å²) in [4.78, 5) is 11.8. The highest BCUT2D eigenvalue weighted by molar-refractivity contribution is 7.89. The first kappa shape index (κ1) is 22.4. The molecule has 1 aromatic carbocycles. The Labute approximate surface area is 156 Å². The number of sulfonamides is 1. The molecule has 0 aliphatic carbocycles. The average Bonchev–Trinajstić information content (AvgIpc) is 2.48. The minimum absolute atomic E-state index is 0.156. The number of carbonyl (C=O) groups excluding carboxylic acids is 1. The Morgan fingerprint density at radius 2 is 1.73 bits per heavy atom. The minimum Gasteiger partial charge on any atom is -0.496 e. The molecule has 0 aliphatic rings. The number of hydrogen-bond acceptors (Lipinski definition) is 6. The first-order chi connectivity index (χ1) is 11.8. The molecule has 1 aromatic rings. The maximum absolute atomic E-state index is 13.0. The van der Waals surface area contributed by atoms with Crippen molar-refractivity contribution in [2.45, 2.75) is 64.7 Å². The molecule has 0 fully saturated rings. The standard InChI is InChI=1S/C18H29NO6S/c1-11-9-14(23-7)12(2)13(3)17(11)26(21,22)19-15(10-16(20)24-8)25-18(4,5)6/h9,15,19H,10H2,1-8H3. The molecule has 26 heavy (non-hydrogen) atoms. The van der Waals surface area contributed by atoms with E-state index in [4.69, 9.17) is 9.47 Å². The molecule has 0 heterocycles. The number of methoxy groups -OCH3 is 2. The summed E-state index contributed by atoms with van der Waals surface area (Å²) in [5.41, 5.74) is 1.22. The van der Waals surface area contributed by atoms with Crippen LogP contribution in [0.5, 0.6) is 5.75 Å². The van der Waals surface area contributed by atoms with Gasteiger partial charge in [0.2, 0.25) is 10.0 Å². The first-order valence-electron chi connectivity index (χ1n) is 8.24. The van der Waals surface area contributed by atoms with Gasteiger partial charge in [-0.05, 0) is 64.3 Å². The van der Waals surface area contributed by atoms with E-state index in [0.717, 1.165) is 5.56 Å². The van der Waals surface area contributed by atoms with Crippen LogP contribution in [0.4, 0.5) is 0 Å². The maximum Gasteiger partial charge on any atom is 0.309 e. The second-order valence-corrected chi connectivity index (χ2v) is 8.75. The lowest BCUT2D eigenvalue weighted by Gasteiger charge is -2.28. The third-order valence-corrected chi connectivity index (χ3v) is 5.57. The molecule has 0 radical (unpaired) electrons. The summed E-state index contributed by atoms with van der Waals surface area (Å²) in [6.45, 7) is 10.5. The summed E-state index contributed by atoms with van der Waals surface area (Å²) in [7, 11) is -1.15. The molecule has 148 valence electrons. The second kappa shape index (κ2) is 8.37. The minimum atomic E-state index is -3.93. The summed E-state index contributed by atoms with van der Waals surface area (Å²) in [6, 6.07) is 1.68. The molecule has 0 bridgehead atoms. The smallest absolute Gasteiger partial charge is 0.309 e. The number of nitrogens with one attached hydrogen (secondary N) is 1. The Bertz CT molecular complexity index is 765. The number of esters is 1. The number of aryl methyl sites for hydroxylation is 1. The van der Waals surface area contributed by atoms with Crippen LogP contribution in [0.1, 0.15) is 43.9 Å². The number of carbonyl (C=O) groups is 1. The number of rotatable bonds is 7. The third kappa shape index (κ3) is 5.69. The van der Waals surface area contributed by atoms with Gasteiger partial charge in [-0.3, -0.25) is 4.79 Å². The lowest BCUT2D eigenvalue weighted by molar-refractivity contribution is -0.147. The van der Waals surface area contributed by atoms with Gasteiger partial charge in [0.05, 0.1) is 31.1 Å². The molecule has 1 atom stereocenters. The van der Waals surface area contributed by atoms with Crippen LogP contribution in [-0.2, 0) is 24.3 Å². The van der Waals surface area contributed by atoms with E-state index in [2.05, 4.69) is 9.46 Å². The van der Waals surface area contributed by atoms with Crippen LogP contribution in [0.3, 0.4) is 0 Å². The second-order valence-electron chi connectivity index (χ2n) is 7.10. The third-order valence-electron chi connectivity index (χ3n) is 3.83. The van der Waals surface area contributed by atoms with Crippen LogP contribution in [0.2, 0.25) is 0 Å². The van der Waals surface area contributed by atoms with E-state index in [0.29, 0.717) is 16.9 Å². The topological polar surface area (TPSA) is 90.9 Å². The number of ether oxygens (including phenoxy) is 3. The molecule has 0 saturated heterocycles. The molecule has 1 N–H and O–H groups in total. The van der Waals surface area contributed by atoms with Crippen LogP contribution in [0.25, 0.3) is 0 Å². The molecule has 0 amide bonds. The molecule has 0 aliphatic heterocycles. The van der Waals surface area contributed by atoms with Crippen LogP contribution in [0.15, 0.2) is 11.0 Å². The van der Waals surface area contributed by atoms with Gasteiger partial charge in [-0.2, -0.15) is 4.72 Å². The summed E-state index contributed by atoms with van der Waals surface area (Å²) in [5, 5.41) is 0. The molecule has 7 nitrogen and oxygen atoms in total. The first-order valence-corrected chi connectivity index (χ1v) is 9.72. The molecule has 1 rings (SSSR count). The predicted molar refractivity (Wildman–Crippen MR) is 98.8 cm³/mol. The monoisotopic (exact) mass is 387 g/mol. The lowest BCUT2D eigenvalue weighted by Crippen LogP contribution is -2.43. The Balaban J connectivity index is 3.30. The Hall–Kier alpha value is -1.64. The highest BCUT2D eigenvalue weighted by Gasteiger charge is 2.30. The van der Waals surface area contributed by atoms with Gasteiger partial charge in [-0.1, -0.05) is 0 Å². The van der Waals surface area contributed by atoms with Crippen LogP contribution >= 0.6 is 0 Å². The predicted octanol–water partition coefficient (Wildman–Crippen LogP) is 2.60. The Morgan fingerprint density at radius 1 is 1.15 bits per heavy atom. The van der Waals surface area contributed by atoms with Gasteiger partial charge in [0.1, 0.15) is 12.0 Å². The van der Waals surface area contributed by atoms with Crippen molar-refractivity contribution in [3.05, 3.63) is 22.8 Å². The summed E-state index contributed by atoms with van der Waals surface area (Å²) >= 11 is 0. The van der Waals surface area contributed by atoms with Gasteiger partial charge in [-0.25, -0.2) is 8.42 Å². The fourth-order valence-corrected chi connectivity index (χ4v) is 4.28. The Kier molecular flexibility index (Phi) is 7.21. The van der Waals surface area contributed by atoms with E-state index >= 15 is 0 Å². The zero-order chi connectivity index (χ0) is 20.3. The molecule has 8 heteroatoms. The van der Waals surface area contributed by atoms with Crippen molar-refractivity contribution < 1.29 is 27.4 Å². The fraction of sp³-hybridized carbons (Fsp3) is 0.611. The van der Waals surface area contributed by atoms with Crippen LogP contribution < -0.4 is 9.46 Å². The zero-order valence-corrected chi connectivity index (χ0v) is 17.5. The van der Waals surface area contributed by atoms with Gasteiger partial charge < -0.3 is 14.2 Å². The Morgan fingerprint density at radius 3 is 2.19 bits per heavy atom. The summed E-state index contributed by atoms with van der Waals surface area (Å²) in [5.74, 6) is 0.0531. The van der Waals surface area contributed by atoms with Crippen molar-refractivity contribution in [1.82, 2.24) is 4.72 Å². The van der Waals surface area contributed by atoms with Crippen molar-refractivity contribution in [2.75, 3.05) is 14.2 Å². The van der Waals surface area contributed by atoms with Gasteiger partial charge in [0, 0.05) is 0 Å². The average molecular weight is 387 g/mol. The molecule has 1 unspecified atom stereocenters. The van der Waals surface area contributed by atoms with E-state index in [-0.39, 0.29) is 11.3 Å². The summed E-state index contributed by atoms with van der Waals surface area (Å²) < 4.78 is 44.1. The SMILES string of the molecule is COC(=O)CC(NS(=O)(=O)c1c(C)cc(OC)c(C)c1C)OC(C)(C)C. The van der Waals surface area contributed by atoms with Gasteiger partial charge >= 0.3 is 5.97 Å². The van der Waals surface area contributed by atoms with E-state index in [9.17, 15) is 13.2 Å². The highest BCUT2D eigenvalue weighted by Crippen LogP contribution is 2.30. The van der Waals surface area contributed by atoms with E-state index < -0.39 is 27.8 Å². The fourth-order valence-electron chi connectivity index (χ4n) is 2.65. The highest BCUT2D eigenvalue weighted by atomic mass is 32.2. The largest absolute Gasteiger partial charge is 0.496 e. The van der Waals surface area contributed by atoms with Gasteiger partial charge in [-0.15, -0.1) is 0 Å². The molecular weight excluding hydrogens is 358 g/mol. The van der Waals surface area contributed by atoms with Crippen molar-refractivity contribution >= 4 is 16.0 Å². The zero-order valence-electron chi connectivity index (χ0n) is 16.7. The number of hydrogen-bond donors (Lipinski definition) is 1. The van der Waals surface area contributed by atoms with Crippen LogP contribution in [-0.4, -0.2) is 40.4 Å². The normalized spacial score (nSPS) is 13.4. The molecule has 0 saturated carbocycles. The number of benzene rings is 1. The van der Waals surface area contributed by atoms with Crippen molar-refractivity contribution in [2.24, 2.45) is 0 Å². The van der Waals surface area contributed by atoms with Crippen molar-refractivity contribution in [3.63, 3.8) is 0 Å². The molecule has 0 spiro atoms. The lowest BCUT2D eigenvalue weighted by atomic mass is 10.1. The summed E-state index contributed by atoms with van der Waals surface area (Å²) in [6.07, 6.45) is -1.28. The van der Waals surface area contributed by atoms with Gasteiger partial charge in [0.15, 0.2) is 0 Å². The van der Waals surface area contributed by atoms with E-state index in [1.807, 2.05) is 0 Å².